The summed E-state index contributed by atoms with van der Waals surface area (Å²) in [5, 5.41) is 17.7. The Morgan fingerprint density at radius 3 is 1.15 bits per heavy atom. The van der Waals surface area contributed by atoms with Gasteiger partial charge in [-0.05, 0) is 37.2 Å². The Morgan fingerprint density at radius 2 is 0.912 bits per heavy atom. The highest BCUT2D eigenvalue weighted by Gasteiger charge is 2.37. The van der Waals surface area contributed by atoms with E-state index in [0.29, 0.717) is 12.8 Å². The van der Waals surface area contributed by atoms with Gasteiger partial charge in [-0.3, -0.25) is 4.79 Å². The lowest BCUT2D eigenvalue weighted by Gasteiger charge is -2.27. The zero-order chi connectivity index (χ0) is 25.9. The predicted octanol–water partition coefficient (Wildman–Crippen LogP) is 9.80. The topological polar surface area (TPSA) is 74.6 Å². The van der Waals surface area contributed by atoms with E-state index in [4.69, 9.17) is 5.11 Å². The van der Waals surface area contributed by atoms with Gasteiger partial charge in [0.05, 0.1) is 0 Å². The van der Waals surface area contributed by atoms with Gasteiger partial charge in [0, 0.05) is 6.42 Å². The van der Waals surface area contributed by atoms with Crippen LogP contribution < -0.4 is 0 Å². The van der Waals surface area contributed by atoms with Gasteiger partial charge in [0.2, 0.25) is 0 Å². The van der Waals surface area contributed by atoms with Crippen LogP contribution in [-0.2, 0) is 9.59 Å². The molecule has 0 aromatic heterocycles. The first-order chi connectivity index (χ1) is 16.4. The fourth-order valence-electron chi connectivity index (χ4n) is 3.68. The van der Waals surface area contributed by atoms with Crippen molar-refractivity contribution in [2.75, 3.05) is 11.5 Å². The van der Waals surface area contributed by atoms with E-state index in [2.05, 4.69) is 13.8 Å². The fraction of sp³-hybridized carbons (Fsp3) is 0.929. The van der Waals surface area contributed by atoms with Crippen molar-refractivity contribution < 1.29 is 19.8 Å². The molecule has 0 unspecified atom stereocenters. The number of carbonyl (C=O) groups is 2. The standard InChI is InChI=1S/C24H48O2S2.C4H8O2/c1-4-7-9-11-13-15-17-19-21-27-24(6-3,23(25)26)28-22-20-18-16-14-12-10-8-5-2;1-2-3-4(5)6/h4-22H2,1-3H3,(H,25,26);2-3H2,1H3,(H,5,6). The van der Waals surface area contributed by atoms with E-state index in [1.54, 1.807) is 23.5 Å². The van der Waals surface area contributed by atoms with Gasteiger partial charge in [-0.1, -0.05) is 118 Å². The van der Waals surface area contributed by atoms with Crippen LogP contribution in [0.25, 0.3) is 0 Å². The highest BCUT2D eigenvalue weighted by atomic mass is 32.2. The monoisotopic (exact) mass is 520 g/mol. The molecular weight excluding hydrogens is 464 g/mol. The summed E-state index contributed by atoms with van der Waals surface area (Å²) in [5.41, 5.74) is 0. The van der Waals surface area contributed by atoms with Crippen LogP contribution in [0.4, 0.5) is 0 Å². The summed E-state index contributed by atoms with van der Waals surface area (Å²) in [5.74, 6) is 0.639. The van der Waals surface area contributed by atoms with Crippen molar-refractivity contribution in [3.8, 4) is 0 Å². The van der Waals surface area contributed by atoms with Crippen LogP contribution in [0.5, 0.6) is 0 Å². The molecule has 0 rings (SSSR count). The Bertz CT molecular complexity index is 436. The molecule has 0 bridgehead atoms. The number of unbranched alkanes of at least 4 members (excludes halogenated alkanes) is 14. The minimum absolute atomic E-state index is 0.292. The zero-order valence-corrected chi connectivity index (χ0v) is 24.5. The van der Waals surface area contributed by atoms with Crippen LogP contribution in [0.1, 0.15) is 150 Å². The molecule has 6 heteroatoms. The summed E-state index contributed by atoms with van der Waals surface area (Å²) in [6.07, 6.45) is 22.7. The van der Waals surface area contributed by atoms with E-state index < -0.39 is 16.0 Å². The molecule has 0 saturated carbocycles. The van der Waals surface area contributed by atoms with Crippen molar-refractivity contribution in [3.63, 3.8) is 0 Å². The fourth-order valence-corrected chi connectivity index (χ4v) is 6.53. The summed E-state index contributed by atoms with van der Waals surface area (Å²) in [7, 11) is 0. The number of rotatable bonds is 24. The number of carboxylic acids is 2. The number of hydrogen-bond acceptors (Lipinski definition) is 4. The quantitative estimate of drug-likeness (QED) is 0.0974. The molecule has 0 aromatic carbocycles. The van der Waals surface area contributed by atoms with Crippen molar-refractivity contribution in [1.29, 1.82) is 0 Å². The minimum atomic E-state index is -0.711. The summed E-state index contributed by atoms with van der Waals surface area (Å²) in [6.45, 7) is 8.39. The lowest BCUT2D eigenvalue weighted by atomic mass is 10.1. The van der Waals surface area contributed by atoms with Gasteiger partial charge >= 0.3 is 11.9 Å². The summed E-state index contributed by atoms with van der Waals surface area (Å²) < 4.78 is -0.623. The molecular formula is C28H56O4S2. The van der Waals surface area contributed by atoms with Gasteiger partial charge in [0.25, 0.3) is 0 Å². The largest absolute Gasteiger partial charge is 0.481 e. The van der Waals surface area contributed by atoms with Gasteiger partial charge in [0.1, 0.15) is 0 Å². The van der Waals surface area contributed by atoms with Crippen LogP contribution in [0, 0.1) is 0 Å². The summed E-state index contributed by atoms with van der Waals surface area (Å²) >= 11 is 3.38. The third-order valence-electron chi connectivity index (χ3n) is 5.92. The van der Waals surface area contributed by atoms with E-state index in [-0.39, 0.29) is 0 Å². The molecule has 0 aliphatic carbocycles. The van der Waals surface area contributed by atoms with E-state index in [0.717, 1.165) is 30.8 Å². The van der Waals surface area contributed by atoms with Crippen LogP contribution in [0.3, 0.4) is 0 Å². The van der Waals surface area contributed by atoms with Crippen molar-refractivity contribution in [2.45, 2.75) is 154 Å². The Labute approximate surface area is 220 Å². The third-order valence-corrected chi connectivity index (χ3v) is 9.47. The smallest absolute Gasteiger partial charge is 0.330 e. The van der Waals surface area contributed by atoms with Gasteiger partial charge in [-0.2, -0.15) is 0 Å². The molecule has 0 spiro atoms. The van der Waals surface area contributed by atoms with Gasteiger partial charge in [0.15, 0.2) is 4.08 Å². The average Bonchev–Trinajstić information content (AvgIpc) is 2.80. The predicted molar refractivity (Wildman–Crippen MR) is 153 cm³/mol. The minimum Gasteiger partial charge on any atom is -0.481 e. The highest BCUT2D eigenvalue weighted by Crippen LogP contribution is 2.41. The second kappa shape index (κ2) is 27.2. The van der Waals surface area contributed by atoms with Gasteiger partial charge < -0.3 is 10.2 Å². The van der Waals surface area contributed by atoms with E-state index in [9.17, 15) is 14.7 Å². The van der Waals surface area contributed by atoms with E-state index >= 15 is 0 Å². The lowest BCUT2D eigenvalue weighted by Crippen LogP contribution is -2.31. The number of carboxylic acid groups (broad SMARTS) is 2. The van der Waals surface area contributed by atoms with Crippen LogP contribution in [0.2, 0.25) is 0 Å². The number of thioether (sulfide) groups is 2. The molecule has 0 atom stereocenters. The van der Waals surface area contributed by atoms with Crippen molar-refractivity contribution in [1.82, 2.24) is 0 Å². The Morgan fingerprint density at radius 1 is 0.559 bits per heavy atom. The highest BCUT2D eigenvalue weighted by molar-refractivity contribution is 8.19. The first kappa shape index (κ1) is 35.8. The molecule has 0 saturated heterocycles. The van der Waals surface area contributed by atoms with Crippen molar-refractivity contribution in [2.24, 2.45) is 0 Å². The Kier molecular flexibility index (Phi) is 28.7. The molecule has 2 N–H and O–H groups in total. The van der Waals surface area contributed by atoms with Crippen LogP contribution in [-0.4, -0.2) is 37.7 Å². The molecule has 0 amide bonds. The summed E-state index contributed by atoms with van der Waals surface area (Å²) in [4.78, 5) is 21.5. The SMILES string of the molecule is CCCC(=O)O.CCCCCCCCCCSC(CC)(SCCCCCCCCCC)C(=O)O. The maximum Gasteiger partial charge on any atom is 0.330 e. The first-order valence-corrected chi connectivity index (χ1v) is 16.1. The average molecular weight is 521 g/mol. The summed E-state index contributed by atoms with van der Waals surface area (Å²) in [6, 6.07) is 0. The Balaban J connectivity index is 0. The van der Waals surface area contributed by atoms with E-state index in [1.165, 1.54) is 89.9 Å². The second-order valence-electron chi connectivity index (χ2n) is 9.20. The molecule has 4 nitrogen and oxygen atoms in total. The van der Waals surface area contributed by atoms with Crippen LogP contribution in [0.15, 0.2) is 0 Å². The maximum atomic E-state index is 11.9. The Hall–Kier alpha value is -0.360. The number of aliphatic carboxylic acids is 2. The van der Waals surface area contributed by atoms with Crippen molar-refractivity contribution in [3.05, 3.63) is 0 Å². The number of hydrogen-bond donors (Lipinski definition) is 2. The van der Waals surface area contributed by atoms with E-state index in [1.807, 2.05) is 13.8 Å². The molecule has 0 aliphatic heterocycles. The maximum absolute atomic E-state index is 11.9. The van der Waals surface area contributed by atoms with Gasteiger partial charge in [-0.25, -0.2) is 4.79 Å². The molecule has 0 aliphatic rings. The molecule has 0 aromatic rings. The zero-order valence-electron chi connectivity index (χ0n) is 22.9. The van der Waals surface area contributed by atoms with Crippen molar-refractivity contribution >= 4 is 35.5 Å². The van der Waals surface area contributed by atoms with Crippen LogP contribution >= 0.6 is 23.5 Å². The molecule has 0 radical (unpaired) electrons. The lowest BCUT2D eigenvalue weighted by molar-refractivity contribution is -0.138. The molecule has 204 valence electrons. The normalized spacial score (nSPS) is 11.2. The molecule has 0 fully saturated rings. The third kappa shape index (κ3) is 23.4. The first-order valence-electron chi connectivity index (χ1n) is 14.1. The molecule has 0 heterocycles. The van der Waals surface area contributed by atoms with Gasteiger partial charge in [-0.15, -0.1) is 23.5 Å². The second-order valence-corrected chi connectivity index (χ2v) is 12.2. The molecule has 34 heavy (non-hydrogen) atoms.